The van der Waals surface area contributed by atoms with E-state index in [4.69, 9.17) is 4.74 Å². The Morgan fingerprint density at radius 3 is 2.51 bits per heavy atom. The summed E-state index contributed by atoms with van der Waals surface area (Å²) in [5, 5.41) is 5.51. The summed E-state index contributed by atoms with van der Waals surface area (Å²) in [6.45, 7) is 6.17. The van der Waals surface area contributed by atoms with Crippen LogP contribution in [-0.2, 0) is 26.3 Å². The molecule has 2 aromatic rings. The summed E-state index contributed by atoms with van der Waals surface area (Å²) in [5.41, 5.74) is 0.186. The van der Waals surface area contributed by atoms with Crippen molar-refractivity contribution >= 4 is 17.6 Å². The number of ether oxygens (including phenoxy) is 1. The molecule has 4 rings (SSSR count). The Labute approximate surface area is 204 Å². The molecule has 0 radical (unpaired) electrons. The summed E-state index contributed by atoms with van der Waals surface area (Å²) >= 11 is 0. The fourth-order valence-corrected chi connectivity index (χ4v) is 4.82. The van der Waals surface area contributed by atoms with Crippen LogP contribution >= 0.6 is 0 Å². The molecule has 1 aliphatic carbocycles. The first-order valence-electron chi connectivity index (χ1n) is 12.3. The van der Waals surface area contributed by atoms with Gasteiger partial charge < -0.3 is 19.9 Å². The second-order valence-corrected chi connectivity index (χ2v) is 9.49. The van der Waals surface area contributed by atoms with Crippen LogP contribution in [0.2, 0.25) is 0 Å². The average Bonchev–Trinajstić information content (AvgIpc) is 3.24. The third-order valence-electron chi connectivity index (χ3n) is 6.80. The largest absolute Gasteiger partial charge is 0.379 e. The third kappa shape index (κ3) is 6.43. The molecule has 1 aromatic carbocycles. The number of amides is 2. The van der Waals surface area contributed by atoms with Gasteiger partial charge in [-0.2, -0.15) is 0 Å². The van der Waals surface area contributed by atoms with Crippen LogP contribution in [0.25, 0.3) is 0 Å². The highest BCUT2D eigenvalue weighted by molar-refractivity contribution is 5.96. The minimum atomic E-state index is -0.776. The predicted molar refractivity (Wildman–Crippen MR) is 127 cm³/mol. The van der Waals surface area contributed by atoms with Crippen LogP contribution < -0.4 is 10.6 Å². The van der Waals surface area contributed by atoms with Gasteiger partial charge in [-0.25, -0.2) is 13.8 Å². The average molecular weight is 490 g/mol. The lowest BCUT2D eigenvalue weighted by atomic mass is 9.76. The molecule has 35 heavy (non-hydrogen) atoms. The summed E-state index contributed by atoms with van der Waals surface area (Å²) < 4.78 is 34.4. The van der Waals surface area contributed by atoms with Crippen LogP contribution in [0.3, 0.4) is 0 Å². The molecule has 0 bridgehead atoms. The van der Waals surface area contributed by atoms with Crippen molar-refractivity contribution in [2.24, 2.45) is 0 Å². The Morgan fingerprint density at radius 1 is 1.17 bits per heavy atom. The number of rotatable bonds is 10. The van der Waals surface area contributed by atoms with E-state index in [9.17, 15) is 18.4 Å². The monoisotopic (exact) mass is 489 g/mol. The molecule has 8 nitrogen and oxygen atoms in total. The van der Waals surface area contributed by atoms with E-state index in [-0.39, 0.29) is 23.4 Å². The van der Waals surface area contributed by atoms with Gasteiger partial charge in [0.25, 0.3) is 0 Å². The number of carbonyl (C=O) groups excluding carboxylic acids is 2. The number of aromatic nitrogens is 2. The van der Waals surface area contributed by atoms with E-state index >= 15 is 0 Å². The number of imidazole rings is 1. The van der Waals surface area contributed by atoms with Gasteiger partial charge in [0, 0.05) is 31.9 Å². The lowest BCUT2D eigenvalue weighted by molar-refractivity contribution is -0.126. The number of benzene rings is 1. The predicted octanol–water partition coefficient (Wildman–Crippen LogP) is 2.84. The molecule has 2 heterocycles. The molecule has 2 aliphatic rings. The number of hydrogen-bond donors (Lipinski definition) is 2. The van der Waals surface area contributed by atoms with E-state index in [0.717, 1.165) is 70.3 Å². The van der Waals surface area contributed by atoms with Crippen molar-refractivity contribution in [1.29, 1.82) is 0 Å². The molecule has 0 spiro atoms. The van der Waals surface area contributed by atoms with Crippen LogP contribution in [-0.4, -0.2) is 65.2 Å². The highest BCUT2D eigenvalue weighted by Gasteiger charge is 2.40. The standard InChI is InChI=1S/C25H33F2N5O3/c1-2-4-21(29-23(33)13-18-11-19(26)14-20(27)12-18)24(34)30-22-15-32(17-28-22)25(5-3-6-25)16-31-7-9-35-10-8-31/h11-12,14-15,17,21H,2-10,13,16H2,1H3,(H,29,33)(H,30,34)/t21-/m0/s1. The van der Waals surface area contributed by atoms with Crippen molar-refractivity contribution in [3.63, 3.8) is 0 Å². The van der Waals surface area contributed by atoms with E-state index in [1.165, 1.54) is 0 Å². The molecule has 1 saturated heterocycles. The smallest absolute Gasteiger partial charge is 0.248 e. The van der Waals surface area contributed by atoms with Crippen LogP contribution in [0.5, 0.6) is 0 Å². The van der Waals surface area contributed by atoms with Crippen molar-refractivity contribution in [3.05, 3.63) is 47.9 Å². The number of anilines is 1. The molecule has 190 valence electrons. The molecular weight excluding hydrogens is 456 g/mol. The minimum absolute atomic E-state index is 0.0232. The summed E-state index contributed by atoms with van der Waals surface area (Å²) in [7, 11) is 0. The van der Waals surface area contributed by atoms with Crippen LogP contribution in [0.15, 0.2) is 30.7 Å². The third-order valence-corrected chi connectivity index (χ3v) is 6.80. The molecule has 1 aromatic heterocycles. The maximum atomic E-state index is 13.4. The number of nitrogens with zero attached hydrogens (tertiary/aromatic N) is 3. The van der Waals surface area contributed by atoms with Gasteiger partial charge in [-0.15, -0.1) is 0 Å². The first kappa shape index (κ1) is 25.2. The van der Waals surface area contributed by atoms with E-state index < -0.39 is 23.6 Å². The van der Waals surface area contributed by atoms with Gasteiger partial charge >= 0.3 is 0 Å². The Morgan fingerprint density at radius 2 is 1.89 bits per heavy atom. The molecular formula is C25H33F2N5O3. The van der Waals surface area contributed by atoms with Crippen LogP contribution in [0, 0.1) is 11.6 Å². The van der Waals surface area contributed by atoms with Crippen molar-refractivity contribution in [1.82, 2.24) is 19.8 Å². The van der Waals surface area contributed by atoms with Gasteiger partial charge in [0.1, 0.15) is 17.7 Å². The molecule has 1 atom stereocenters. The van der Waals surface area contributed by atoms with Crippen molar-refractivity contribution in [2.75, 3.05) is 38.2 Å². The second kappa shape index (κ2) is 11.3. The Bertz CT molecular complexity index is 1010. The molecule has 1 aliphatic heterocycles. The van der Waals surface area contributed by atoms with Gasteiger partial charge in [0.05, 0.1) is 31.5 Å². The van der Waals surface area contributed by atoms with Crippen molar-refractivity contribution in [2.45, 2.75) is 57.0 Å². The van der Waals surface area contributed by atoms with Crippen molar-refractivity contribution < 1.29 is 23.1 Å². The molecule has 0 unspecified atom stereocenters. The fraction of sp³-hybridized carbons (Fsp3) is 0.560. The number of nitrogens with one attached hydrogen (secondary N) is 2. The normalized spacial score (nSPS) is 18.5. The van der Waals surface area contributed by atoms with Gasteiger partial charge in [-0.1, -0.05) is 13.3 Å². The van der Waals surface area contributed by atoms with Gasteiger partial charge in [0.2, 0.25) is 11.8 Å². The lowest BCUT2D eigenvalue weighted by Crippen LogP contribution is -2.52. The molecule has 2 amide bonds. The molecule has 2 fully saturated rings. The number of morpholine rings is 1. The zero-order valence-corrected chi connectivity index (χ0v) is 20.1. The number of halogens is 2. The van der Waals surface area contributed by atoms with E-state index in [1.807, 2.05) is 13.1 Å². The number of hydrogen-bond acceptors (Lipinski definition) is 5. The van der Waals surface area contributed by atoms with E-state index in [1.54, 1.807) is 6.33 Å². The minimum Gasteiger partial charge on any atom is -0.379 e. The van der Waals surface area contributed by atoms with E-state index in [2.05, 4.69) is 25.1 Å². The Balaban J connectivity index is 1.36. The maximum Gasteiger partial charge on any atom is 0.248 e. The van der Waals surface area contributed by atoms with Crippen LogP contribution in [0.1, 0.15) is 44.6 Å². The zero-order chi connectivity index (χ0) is 24.8. The number of carbonyl (C=O) groups is 2. The van der Waals surface area contributed by atoms with Crippen molar-refractivity contribution in [3.8, 4) is 0 Å². The van der Waals surface area contributed by atoms with Gasteiger partial charge in [0.15, 0.2) is 5.82 Å². The summed E-state index contributed by atoms with van der Waals surface area (Å²) in [4.78, 5) is 32.2. The SMILES string of the molecule is CCC[C@H](NC(=O)Cc1cc(F)cc(F)c1)C(=O)Nc1cn(C2(CN3CCOCC3)CCC2)cn1. The highest BCUT2D eigenvalue weighted by Crippen LogP contribution is 2.40. The van der Waals surface area contributed by atoms with E-state index in [0.29, 0.717) is 18.7 Å². The van der Waals surface area contributed by atoms with Gasteiger partial charge in [-0.3, -0.25) is 14.5 Å². The zero-order valence-electron chi connectivity index (χ0n) is 20.1. The van der Waals surface area contributed by atoms with Crippen LogP contribution in [0.4, 0.5) is 14.6 Å². The summed E-state index contributed by atoms with van der Waals surface area (Å²) in [5.74, 6) is -1.90. The first-order chi connectivity index (χ1) is 16.9. The second-order valence-electron chi connectivity index (χ2n) is 9.49. The Kier molecular flexibility index (Phi) is 8.12. The first-order valence-corrected chi connectivity index (χ1v) is 12.3. The van der Waals surface area contributed by atoms with Gasteiger partial charge in [-0.05, 0) is 43.4 Å². The Hall–Kier alpha value is -2.85. The quantitative estimate of drug-likeness (QED) is 0.536. The highest BCUT2D eigenvalue weighted by atomic mass is 19.1. The fourth-order valence-electron chi connectivity index (χ4n) is 4.82. The summed E-state index contributed by atoms with van der Waals surface area (Å²) in [6, 6.07) is 2.19. The lowest BCUT2D eigenvalue weighted by Gasteiger charge is -2.46. The molecule has 1 saturated carbocycles. The summed E-state index contributed by atoms with van der Waals surface area (Å²) in [6.07, 6.45) is 7.78. The maximum absolute atomic E-state index is 13.4. The topological polar surface area (TPSA) is 88.5 Å². The molecule has 10 heteroatoms. The molecule has 2 N–H and O–H groups in total.